The second-order valence-corrected chi connectivity index (χ2v) is 3.15. The van der Waals surface area contributed by atoms with Crippen LogP contribution < -0.4 is 5.32 Å². The SMILES string of the molecule is O=C1NC(CO)C2CCC12. The van der Waals surface area contributed by atoms with Gasteiger partial charge in [-0.15, -0.1) is 0 Å². The highest BCUT2D eigenvalue weighted by Gasteiger charge is 2.47. The first-order valence-electron chi connectivity index (χ1n) is 3.74. The van der Waals surface area contributed by atoms with Crippen molar-refractivity contribution in [1.29, 1.82) is 0 Å². The minimum absolute atomic E-state index is 0.0613. The molecule has 10 heavy (non-hydrogen) atoms. The summed E-state index contributed by atoms with van der Waals surface area (Å²) in [6, 6.07) is 0.0613. The Morgan fingerprint density at radius 2 is 2.40 bits per heavy atom. The van der Waals surface area contributed by atoms with Crippen LogP contribution in [0.2, 0.25) is 0 Å². The van der Waals surface area contributed by atoms with Crippen LogP contribution in [0, 0.1) is 11.8 Å². The van der Waals surface area contributed by atoms with Crippen LogP contribution in [-0.4, -0.2) is 23.7 Å². The number of aliphatic hydroxyl groups is 1. The standard InChI is InChI=1S/C7H11NO2/c9-3-6-4-1-2-5(4)7(10)8-6/h4-6,9H,1-3H2,(H,8,10). The molecule has 2 fully saturated rings. The Hall–Kier alpha value is -0.570. The van der Waals surface area contributed by atoms with Crippen LogP contribution in [0.3, 0.4) is 0 Å². The smallest absolute Gasteiger partial charge is 0.223 e. The molecule has 1 saturated heterocycles. The maximum Gasteiger partial charge on any atom is 0.223 e. The summed E-state index contributed by atoms with van der Waals surface area (Å²) in [6.07, 6.45) is 2.13. The lowest BCUT2D eigenvalue weighted by Crippen LogP contribution is -2.34. The molecule has 0 aromatic heterocycles. The molecule has 3 unspecified atom stereocenters. The molecule has 1 amide bonds. The molecule has 0 spiro atoms. The number of hydrogen-bond donors (Lipinski definition) is 2. The number of carbonyl (C=O) groups is 1. The predicted octanol–water partition coefficient (Wildman–Crippen LogP) is -0.497. The highest BCUT2D eigenvalue weighted by atomic mass is 16.3. The molecular weight excluding hydrogens is 130 g/mol. The largest absolute Gasteiger partial charge is 0.394 e. The van der Waals surface area contributed by atoms with Gasteiger partial charge in [-0.05, 0) is 18.8 Å². The Morgan fingerprint density at radius 3 is 2.70 bits per heavy atom. The van der Waals surface area contributed by atoms with E-state index in [0.29, 0.717) is 5.92 Å². The van der Waals surface area contributed by atoms with Crippen molar-refractivity contribution in [3.05, 3.63) is 0 Å². The lowest BCUT2D eigenvalue weighted by Gasteiger charge is -2.29. The minimum Gasteiger partial charge on any atom is -0.394 e. The normalized spacial score (nSPS) is 44.1. The highest BCUT2D eigenvalue weighted by molar-refractivity contribution is 5.82. The van der Waals surface area contributed by atoms with Gasteiger partial charge >= 0.3 is 0 Å². The molecular formula is C7H11NO2. The summed E-state index contributed by atoms with van der Waals surface area (Å²) in [5.41, 5.74) is 0. The summed E-state index contributed by atoms with van der Waals surface area (Å²) < 4.78 is 0. The zero-order valence-electron chi connectivity index (χ0n) is 5.71. The molecule has 2 aliphatic rings. The monoisotopic (exact) mass is 141 g/mol. The fraction of sp³-hybridized carbons (Fsp3) is 0.857. The molecule has 1 heterocycles. The van der Waals surface area contributed by atoms with E-state index in [4.69, 9.17) is 5.11 Å². The van der Waals surface area contributed by atoms with E-state index in [1.54, 1.807) is 0 Å². The highest BCUT2D eigenvalue weighted by Crippen LogP contribution is 2.40. The number of fused-ring (bicyclic) bond motifs is 1. The number of nitrogens with one attached hydrogen (secondary N) is 1. The van der Waals surface area contributed by atoms with E-state index in [1.807, 2.05) is 0 Å². The molecule has 0 aromatic rings. The number of amides is 1. The lowest BCUT2D eigenvalue weighted by molar-refractivity contribution is -0.124. The molecule has 0 radical (unpaired) electrons. The van der Waals surface area contributed by atoms with Gasteiger partial charge in [-0.2, -0.15) is 0 Å². The number of carbonyl (C=O) groups excluding carboxylic acids is 1. The van der Waals surface area contributed by atoms with E-state index in [-0.39, 0.29) is 24.5 Å². The average Bonchev–Trinajstić information content (AvgIpc) is 2.02. The Kier molecular flexibility index (Phi) is 1.20. The summed E-state index contributed by atoms with van der Waals surface area (Å²) in [4.78, 5) is 11.0. The molecule has 3 atom stereocenters. The van der Waals surface area contributed by atoms with Gasteiger partial charge in [0.2, 0.25) is 5.91 Å². The fourth-order valence-corrected chi connectivity index (χ4v) is 1.91. The van der Waals surface area contributed by atoms with E-state index < -0.39 is 0 Å². The van der Waals surface area contributed by atoms with Gasteiger partial charge in [-0.1, -0.05) is 0 Å². The van der Waals surface area contributed by atoms with Crippen LogP contribution >= 0.6 is 0 Å². The molecule has 3 heteroatoms. The third-order valence-electron chi connectivity index (χ3n) is 2.71. The molecule has 1 aliphatic heterocycles. The van der Waals surface area contributed by atoms with Gasteiger partial charge in [-0.25, -0.2) is 0 Å². The first-order valence-corrected chi connectivity index (χ1v) is 3.74. The van der Waals surface area contributed by atoms with Crippen molar-refractivity contribution in [2.45, 2.75) is 18.9 Å². The molecule has 0 aromatic carbocycles. The first-order chi connectivity index (χ1) is 4.83. The number of hydrogen-bond acceptors (Lipinski definition) is 2. The van der Waals surface area contributed by atoms with Crippen molar-refractivity contribution in [3.8, 4) is 0 Å². The van der Waals surface area contributed by atoms with Crippen LogP contribution in [0.1, 0.15) is 12.8 Å². The van der Waals surface area contributed by atoms with Gasteiger partial charge in [-0.3, -0.25) is 4.79 Å². The van der Waals surface area contributed by atoms with Crippen LogP contribution in [0.25, 0.3) is 0 Å². The third-order valence-corrected chi connectivity index (χ3v) is 2.71. The van der Waals surface area contributed by atoms with E-state index in [1.165, 1.54) is 0 Å². The van der Waals surface area contributed by atoms with Crippen molar-refractivity contribution in [2.24, 2.45) is 11.8 Å². The minimum atomic E-state index is 0.0613. The molecule has 3 nitrogen and oxygen atoms in total. The maximum absolute atomic E-state index is 11.0. The van der Waals surface area contributed by atoms with Gasteiger partial charge in [0.25, 0.3) is 0 Å². The second kappa shape index (κ2) is 1.95. The predicted molar refractivity (Wildman–Crippen MR) is 35.2 cm³/mol. The Morgan fingerprint density at radius 1 is 1.60 bits per heavy atom. The van der Waals surface area contributed by atoms with Crippen molar-refractivity contribution < 1.29 is 9.90 Å². The maximum atomic E-state index is 11.0. The topological polar surface area (TPSA) is 49.3 Å². The Bertz CT molecular complexity index is 167. The zero-order chi connectivity index (χ0) is 7.14. The number of rotatable bonds is 1. The average molecular weight is 141 g/mol. The zero-order valence-corrected chi connectivity index (χ0v) is 5.71. The van der Waals surface area contributed by atoms with Crippen LogP contribution in [0.5, 0.6) is 0 Å². The van der Waals surface area contributed by atoms with Crippen LogP contribution in [0.4, 0.5) is 0 Å². The van der Waals surface area contributed by atoms with Gasteiger partial charge in [0.05, 0.1) is 12.6 Å². The molecule has 1 aliphatic carbocycles. The summed E-state index contributed by atoms with van der Waals surface area (Å²) in [5.74, 6) is 0.824. The molecule has 1 saturated carbocycles. The summed E-state index contributed by atoms with van der Waals surface area (Å²) >= 11 is 0. The van der Waals surface area contributed by atoms with E-state index in [0.717, 1.165) is 12.8 Å². The van der Waals surface area contributed by atoms with Crippen LogP contribution in [0.15, 0.2) is 0 Å². The van der Waals surface area contributed by atoms with Crippen LogP contribution in [-0.2, 0) is 4.79 Å². The second-order valence-electron chi connectivity index (χ2n) is 3.15. The van der Waals surface area contributed by atoms with Crippen molar-refractivity contribution in [1.82, 2.24) is 5.32 Å². The Labute approximate surface area is 59.4 Å². The summed E-state index contributed by atoms with van der Waals surface area (Å²) in [6.45, 7) is 0.104. The molecule has 0 bridgehead atoms. The first kappa shape index (κ1) is 6.16. The summed E-state index contributed by atoms with van der Waals surface area (Å²) in [7, 11) is 0. The van der Waals surface area contributed by atoms with Crippen molar-refractivity contribution >= 4 is 5.91 Å². The van der Waals surface area contributed by atoms with Gasteiger partial charge in [0.1, 0.15) is 0 Å². The van der Waals surface area contributed by atoms with Crippen molar-refractivity contribution in [2.75, 3.05) is 6.61 Å². The quantitative estimate of drug-likeness (QED) is 0.517. The Balaban J connectivity index is 2.09. The van der Waals surface area contributed by atoms with E-state index >= 15 is 0 Å². The lowest BCUT2D eigenvalue weighted by atomic mass is 9.73. The molecule has 56 valence electrons. The third kappa shape index (κ3) is 0.611. The van der Waals surface area contributed by atoms with Gasteiger partial charge in [0, 0.05) is 5.92 Å². The van der Waals surface area contributed by atoms with Gasteiger partial charge < -0.3 is 10.4 Å². The summed E-state index contributed by atoms with van der Waals surface area (Å²) in [5, 5.41) is 11.6. The van der Waals surface area contributed by atoms with Crippen molar-refractivity contribution in [3.63, 3.8) is 0 Å². The van der Waals surface area contributed by atoms with E-state index in [9.17, 15) is 4.79 Å². The number of aliphatic hydroxyl groups excluding tert-OH is 1. The van der Waals surface area contributed by atoms with E-state index in [2.05, 4.69) is 5.32 Å². The van der Waals surface area contributed by atoms with Gasteiger partial charge in [0.15, 0.2) is 0 Å². The molecule has 2 N–H and O–H groups in total. The molecule has 2 rings (SSSR count). The fourth-order valence-electron chi connectivity index (χ4n) is 1.91.